The zero-order chi connectivity index (χ0) is 13.0. The standard InChI is InChI=1S/C16H18O2/c1-3-12-10-14(13-8-6-5-7-9-13)11-15(12)16(17)18-4-2/h5-9,11H,3-4,10H2,1-2H3. The van der Waals surface area contributed by atoms with E-state index in [-0.39, 0.29) is 5.97 Å². The van der Waals surface area contributed by atoms with E-state index in [1.54, 1.807) is 0 Å². The van der Waals surface area contributed by atoms with Gasteiger partial charge in [-0.25, -0.2) is 4.79 Å². The molecular formula is C16H18O2. The van der Waals surface area contributed by atoms with Crippen LogP contribution >= 0.6 is 0 Å². The fourth-order valence-corrected chi connectivity index (χ4v) is 2.22. The first-order chi connectivity index (χ1) is 8.76. The number of benzene rings is 1. The summed E-state index contributed by atoms with van der Waals surface area (Å²) < 4.78 is 5.10. The van der Waals surface area contributed by atoms with Gasteiger partial charge in [0.1, 0.15) is 0 Å². The van der Waals surface area contributed by atoms with E-state index in [4.69, 9.17) is 4.74 Å². The summed E-state index contributed by atoms with van der Waals surface area (Å²) in [6.07, 6.45) is 3.72. The predicted octanol–water partition coefficient (Wildman–Crippen LogP) is 3.74. The van der Waals surface area contributed by atoms with Gasteiger partial charge in [0.2, 0.25) is 0 Å². The summed E-state index contributed by atoms with van der Waals surface area (Å²) in [7, 11) is 0. The molecule has 0 aliphatic heterocycles. The number of ether oxygens (including phenoxy) is 1. The summed E-state index contributed by atoms with van der Waals surface area (Å²) in [5, 5.41) is 0. The average Bonchev–Trinajstić information content (AvgIpc) is 2.84. The van der Waals surface area contributed by atoms with E-state index in [1.165, 1.54) is 16.7 Å². The van der Waals surface area contributed by atoms with E-state index in [1.807, 2.05) is 31.2 Å². The van der Waals surface area contributed by atoms with E-state index < -0.39 is 0 Å². The van der Waals surface area contributed by atoms with Crippen LogP contribution in [0.25, 0.3) is 5.57 Å². The van der Waals surface area contributed by atoms with Crippen molar-refractivity contribution in [2.75, 3.05) is 6.61 Å². The van der Waals surface area contributed by atoms with Crippen molar-refractivity contribution in [3.63, 3.8) is 0 Å². The molecule has 0 aromatic heterocycles. The highest BCUT2D eigenvalue weighted by Crippen LogP contribution is 2.34. The van der Waals surface area contributed by atoms with Crippen molar-refractivity contribution in [1.82, 2.24) is 0 Å². The van der Waals surface area contributed by atoms with Crippen molar-refractivity contribution in [3.05, 3.63) is 53.1 Å². The molecule has 0 bridgehead atoms. The number of hydrogen-bond donors (Lipinski definition) is 0. The summed E-state index contributed by atoms with van der Waals surface area (Å²) in [6.45, 7) is 4.34. The van der Waals surface area contributed by atoms with Gasteiger partial charge >= 0.3 is 5.97 Å². The molecule has 1 aromatic rings. The molecule has 1 aromatic carbocycles. The Bertz CT molecular complexity index is 495. The first-order valence-electron chi connectivity index (χ1n) is 6.41. The maximum atomic E-state index is 11.9. The van der Waals surface area contributed by atoms with Crippen LogP contribution in [0.15, 0.2) is 47.6 Å². The van der Waals surface area contributed by atoms with E-state index in [0.29, 0.717) is 6.61 Å². The number of rotatable bonds is 4. The van der Waals surface area contributed by atoms with Crippen LogP contribution in [0.3, 0.4) is 0 Å². The Morgan fingerprint density at radius 1 is 1.22 bits per heavy atom. The number of esters is 1. The highest BCUT2D eigenvalue weighted by molar-refractivity contribution is 5.98. The van der Waals surface area contributed by atoms with Gasteiger partial charge in [-0.05, 0) is 37.0 Å². The van der Waals surface area contributed by atoms with Crippen LogP contribution < -0.4 is 0 Å². The quantitative estimate of drug-likeness (QED) is 0.752. The molecule has 2 nitrogen and oxygen atoms in total. The third-order valence-corrected chi connectivity index (χ3v) is 3.17. The Hall–Kier alpha value is -1.83. The molecule has 0 unspecified atom stereocenters. The Balaban J connectivity index is 2.26. The average molecular weight is 242 g/mol. The molecule has 0 N–H and O–H groups in total. The van der Waals surface area contributed by atoms with Crippen LogP contribution in [0.1, 0.15) is 32.3 Å². The van der Waals surface area contributed by atoms with Gasteiger partial charge in [-0.2, -0.15) is 0 Å². The summed E-state index contributed by atoms with van der Waals surface area (Å²) >= 11 is 0. The largest absolute Gasteiger partial charge is 0.462 e. The fourth-order valence-electron chi connectivity index (χ4n) is 2.22. The minimum absolute atomic E-state index is 0.194. The van der Waals surface area contributed by atoms with Crippen molar-refractivity contribution in [2.45, 2.75) is 26.7 Å². The summed E-state index contributed by atoms with van der Waals surface area (Å²) in [5.74, 6) is -0.194. The molecule has 18 heavy (non-hydrogen) atoms. The Kier molecular flexibility index (Phi) is 3.98. The Morgan fingerprint density at radius 2 is 1.94 bits per heavy atom. The topological polar surface area (TPSA) is 26.3 Å². The maximum Gasteiger partial charge on any atom is 0.338 e. The molecule has 0 amide bonds. The minimum atomic E-state index is -0.194. The zero-order valence-corrected chi connectivity index (χ0v) is 10.9. The van der Waals surface area contributed by atoms with E-state index in [9.17, 15) is 4.79 Å². The second kappa shape index (κ2) is 5.67. The Labute approximate surface area is 108 Å². The van der Waals surface area contributed by atoms with Gasteiger partial charge in [0.25, 0.3) is 0 Å². The second-order valence-corrected chi connectivity index (χ2v) is 4.30. The molecule has 2 heteroatoms. The lowest BCUT2D eigenvalue weighted by Crippen LogP contribution is -2.06. The minimum Gasteiger partial charge on any atom is -0.462 e. The van der Waals surface area contributed by atoms with Gasteiger partial charge in [-0.1, -0.05) is 42.8 Å². The molecular weight excluding hydrogens is 224 g/mol. The number of hydrogen-bond acceptors (Lipinski definition) is 2. The first kappa shape index (κ1) is 12.6. The van der Waals surface area contributed by atoms with Crippen molar-refractivity contribution < 1.29 is 9.53 Å². The van der Waals surface area contributed by atoms with Crippen molar-refractivity contribution >= 4 is 11.5 Å². The molecule has 1 aliphatic carbocycles. The number of carbonyl (C=O) groups is 1. The van der Waals surface area contributed by atoms with E-state index in [0.717, 1.165) is 18.4 Å². The lowest BCUT2D eigenvalue weighted by Gasteiger charge is -2.04. The monoisotopic (exact) mass is 242 g/mol. The van der Waals surface area contributed by atoms with Gasteiger partial charge in [-0.3, -0.25) is 0 Å². The molecule has 0 atom stereocenters. The normalized spacial score (nSPS) is 14.7. The highest BCUT2D eigenvalue weighted by atomic mass is 16.5. The Morgan fingerprint density at radius 3 is 2.56 bits per heavy atom. The van der Waals surface area contributed by atoms with Gasteiger partial charge in [0.15, 0.2) is 0 Å². The van der Waals surface area contributed by atoms with Crippen LogP contribution in [-0.2, 0) is 9.53 Å². The molecule has 0 heterocycles. The highest BCUT2D eigenvalue weighted by Gasteiger charge is 2.21. The molecule has 94 valence electrons. The summed E-state index contributed by atoms with van der Waals surface area (Å²) in [6, 6.07) is 10.2. The van der Waals surface area contributed by atoms with Gasteiger partial charge in [0.05, 0.1) is 12.2 Å². The van der Waals surface area contributed by atoms with E-state index >= 15 is 0 Å². The number of carbonyl (C=O) groups excluding carboxylic acids is 1. The lowest BCUT2D eigenvalue weighted by molar-refractivity contribution is -0.138. The van der Waals surface area contributed by atoms with E-state index in [2.05, 4.69) is 19.1 Å². The molecule has 0 spiro atoms. The van der Waals surface area contributed by atoms with Gasteiger partial charge in [-0.15, -0.1) is 0 Å². The smallest absolute Gasteiger partial charge is 0.338 e. The molecule has 0 saturated carbocycles. The third-order valence-electron chi connectivity index (χ3n) is 3.17. The summed E-state index contributed by atoms with van der Waals surface area (Å²) in [5.41, 5.74) is 4.31. The fraction of sp³-hybridized carbons (Fsp3) is 0.312. The van der Waals surface area contributed by atoms with Gasteiger partial charge in [0, 0.05) is 0 Å². The molecule has 2 rings (SSSR count). The van der Waals surface area contributed by atoms with Crippen LogP contribution in [0.5, 0.6) is 0 Å². The van der Waals surface area contributed by atoms with Crippen LogP contribution in [0.4, 0.5) is 0 Å². The van der Waals surface area contributed by atoms with Crippen LogP contribution in [-0.4, -0.2) is 12.6 Å². The maximum absolute atomic E-state index is 11.9. The van der Waals surface area contributed by atoms with Crippen molar-refractivity contribution in [3.8, 4) is 0 Å². The second-order valence-electron chi connectivity index (χ2n) is 4.30. The van der Waals surface area contributed by atoms with Crippen LogP contribution in [0, 0.1) is 0 Å². The molecule has 1 aliphatic rings. The predicted molar refractivity (Wildman–Crippen MR) is 73.0 cm³/mol. The number of allylic oxidation sites excluding steroid dienone is 2. The van der Waals surface area contributed by atoms with Crippen LogP contribution in [0.2, 0.25) is 0 Å². The molecule has 0 radical (unpaired) electrons. The zero-order valence-electron chi connectivity index (χ0n) is 10.9. The SMILES string of the molecule is CCOC(=O)C1=C(CC)CC(c2ccccc2)=C1. The molecule has 0 fully saturated rings. The third kappa shape index (κ3) is 2.53. The van der Waals surface area contributed by atoms with Crippen molar-refractivity contribution in [2.24, 2.45) is 0 Å². The summed E-state index contributed by atoms with van der Waals surface area (Å²) in [4.78, 5) is 11.9. The lowest BCUT2D eigenvalue weighted by atomic mass is 10.0. The van der Waals surface area contributed by atoms with Gasteiger partial charge < -0.3 is 4.74 Å². The molecule has 0 saturated heterocycles. The first-order valence-corrected chi connectivity index (χ1v) is 6.41. The van der Waals surface area contributed by atoms with Crippen molar-refractivity contribution in [1.29, 1.82) is 0 Å².